The third-order valence-electron chi connectivity index (χ3n) is 4.30. The minimum absolute atomic E-state index is 0.0219. The van der Waals surface area contributed by atoms with Gasteiger partial charge in [0.25, 0.3) is 0 Å². The van der Waals surface area contributed by atoms with E-state index in [-0.39, 0.29) is 5.60 Å². The van der Waals surface area contributed by atoms with Crippen molar-refractivity contribution in [2.24, 2.45) is 0 Å². The van der Waals surface area contributed by atoms with Gasteiger partial charge in [-0.2, -0.15) is 0 Å². The fourth-order valence-corrected chi connectivity index (χ4v) is 2.94. The lowest BCUT2D eigenvalue weighted by Crippen LogP contribution is -2.38. The van der Waals surface area contributed by atoms with Crippen LogP contribution in [0.15, 0.2) is 18.2 Å². The van der Waals surface area contributed by atoms with Crippen LogP contribution in [0.2, 0.25) is 0 Å². The first-order chi connectivity index (χ1) is 9.16. The first-order valence-electron chi connectivity index (χ1n) is 7.29. The van der Waals surface area contributed by atoms with Gasteiger partial charge < -0.3 is 14.8 Å². The van der Waals surface area contributed by atoms with Crippen LogP contribution in [-0.4, -0.2) is 25.4 Å². The van der Waals surface area contributed by atoms with Gasteiger partial charge in [0.1, 0.15) is 5.75 Å². The largest absolute Gasteiger partial charge is 0.493 e. The molecule has 2 unspecified atom stereocenters. The molecule has 1 aromatic rings. The number of benzene rings is 1. The second-order valence-electron chi connectivity index (χ2n) is 5.97. The zero-order valence-corrected chi connectivity index (χ0v) is 11.9. The lowest BCUT2D eigenvalue weighted by Gasteiger charge is -2.26. The molecule has 1 aromatic carbocycles. The van der Waals surface area contributed by atoms with Gasteiger partial charge in [-0.25, -0.2) is 0 Å². The number of hydrogen-bond donors (Lipinski definition) is 1. The standard InChI is InChI=1S/C16H23NO2/c1-12(17-11-16(2)7-3-8-19-16)13-4-5-15-14(10-13)6-9-18-15/h4-5,10,12,17H,3,6-9,11H2,1-2H3. The van der Waals surface area contributed by atoms with Crippen molar-refractivity contribution >= 4 is 0 Å². The van der Waals surface area contributed by atoms with E-state index in [0.29, 0.717) is 6.04 Å². The Morgan fingerprint density at radius 3 is 3.05 bits per heavy atom. The molecule has 1 N–H and O–H groups in total. The average molecular weight is 261 g/mol. The van der Waals surface area contributed by atoms with E-state index in [1.54, 1.807) is 0 Å². The van der Waals surface area contributed by atoms with Crippen molar-refractivity contribution in [1.29, 1.82) is 0 Å². The minimum atomic E-state index is 0.0219. The molecular weight excluding hydrogens is 238 g/mol. The second kappa shape index (κ2) is 5.14. The van der Waals surface area contributed by atoms with E-state index in [0.717, 1.165) is 38.3 Å². The Labute approximate surface area is 115 Å². The fourth-order valence-electron chi connectivity index (χ4n) is 2.94. The second-order valence-corrected chi connectivity index (χ2v) is 5.97. The number of fused-ring (bicyclic) bond motifs is 1. The van der Waals surface area contributed by atoms with E-state index in [9.17, 15) is 0 Å². The van der Waals surface area contributed by atoms with Crippen molar-refractivity contribution in [2.75, 3.05) is 19.8 Å². The fraction of sp³-hybridized carbons (Fsp3) is 0.625. The molecule has 3 heteroatoms. The molecule has 0 amide bonds. The Morgan fingerprint density at radius 2 is 2.26 bits per heavy atom. The molecule has 0 spiro atoms. The van der Waals surface area contributed by atoms with Crippen molar-refractivity contribution in [1.82, 2.24) is 5.32 Å². The topological polar surface area (TPSA) is 30.5 Å². The molecule has 3 nitrogen and oxygen atoms in total. The van der Waals surface area contributed by atoms with Crippen molar-refractivity contribution in [3.8, 4) is 5.75 Å². The molecular formula is C16H23NO2. The van der Waals surface area contributed by atoms with Crippen LogP contribution in [-0.2, 0) is 11.2 Å². The minimum Gasteiger partial charge on any atom is -0.493 e. The molecule has 0 aromatic heterocycles. The summed E-state index contributed by atoms with van der Waals surface area (Å²) in [5, 5.41) is 3.61. The smallest absolute Gasteiger partial charge is 0.122 e. The number of nitrogens with one attached hydrogen (secondary N) is 1. The maximum atomic E-state index is 5.82. The summed E-state index contributed by atoms with van der Waals surface area (Å²) in [5.41, 5.74) is 2.70. The van der Waals surface area contributed by atoms with E-state index >= 15 is 0 Å². The summed E-state index contributed by atoms with van der Waals surface area (Å²) in [5.74, 6) is 1.06. The highest BCUT2D eigenvalue weighted by Crippen LogP contribution is 2.29. The number of ether oxygens (including phenoxy) is 2. The van der Waals surface area contributed by atoms with Crippen LogP contribution >= 0.6 is 0 Å². The van der Waals surface area contributed by atoms with Gasteiger partial charge in [0.2, 0.25) is 0 Å². The summed E-state index contributed by atoms with van der Waals surface area (Å²) in [4.78, 5) is 0. The number of hydrogen-bond acceptors (Lipinski definition) is 3. The van der Waals surface area contributed by atoms with Gasteiger partial charge in [0.15, 0.2) is 0 Å². The van der Waals surface area contributed by atoms with Gasteiger partial charge in [-0.05, 0) is 43.9 Å². The molecule has 3 rings (SSSR count). The Kier molecular flexibility index (Phi) is 3.50. The SMILES string of the molecule is CC(NCC1(C)CCCO1)c1ccc2c(c1)CCO2. The van der Waals surface area contributed by atoms with Gasteiger partial charge in [0.05, 0.1) is 12.2 Å². The number of rotatable bonds is 4. The predicted molar refractivity (Wildman–Crippen MR) is 75.6 cm³/mol. The molecule has 1 saturated heterocycles. The molecule has 0 radical (unpaired) electrons. The van der Waals surface area contributed by atoms with Gasteiger partial charge in [-0.15, -0.1) is 0 Å². The van der Waals surface area contributed by atoms with Gasteiger partial charge in [0, 0.05) is 25.6 Å². The quantitative estimate of drug-likeness (QED) is 0.904. The maximum Gasteiger partial charge on any atom is 0.122 e. The Balaban J connectivity index is 1.62. The molecule has 1 fully saturated rings. The van der Waals surface area contributed by atoms with Crippen LogP contribution in [0.4, 0.5) is 0 Å². The monoisotopic (exact) mass is 261 g/mol. The summed E-state index contributed by atoms with van der Waals surface area (Å²) in [7, 11) is 0. The van der Waals surface area contributed by atoms with Gasteiger partial charge >= 0.3 is 0 Å². The summed E-state index contributed by atoms with van der Waals surface area (Å²) >= 11 is 0. The first-order valence-corrected chi connectivity index (χ1v) is 7.29. The van der Waals surface area contributed by atoms with E-state index in [1.165, 1.54) is 17.5 Å². The molecule has 2 aliphatic heterocycles. The zero-order valence-electron chi connectivity index (χ0n) is 11.9. The zero-order chi connectivity index (χ0) is 13.3. The molecule has 0 bridgehead atoms. The highest BCUT2D eigenvalue weighted by Gasteiger charge is 2.29. The Hall–Kier alpha value is -1.06. The van der Waals surface area contributed by atoms with Crippen LogP contribution < -0.4 is 10.1 Å². The molecule has 0 aliphatic carbocycles. The van der Waals surface area contributed by atoms with Gasteiger partial charge in [-0.1, -0.05) is 12.1 Å². The summed E-state index contributed by atoms with van der Waals surface area (Å²) in [6.07, 6.45) is 3.38. The van der Waals surface area contributed by atoms with Crippen molar-refractivity contribution < 1.29 is 9.47 Å². The van der Waals surface area contributed by atoms with E-state index in [4.69, 9.17) is 9.47 Å². The molecule has 104 valence electrons. The summed E-state index contributed by atoms with van der Waals surface area (Å²) < 4.78 is 11.4. The van der Waals surface area contributed by atoms with Crippen molar-refractivity contribution in [3.63, 3.8) is 0 Å². The van der Waals surface area contributed by atoms with Crippen LogP contribution in [0.5, 0.6) is 5.75 Å². The molecule has 2 atom stereocenters. The molecule has 0 saturated carbocycles. The highest BCUT2D eigenvalue weighted by molar-refractivity contribution is 5.40. The summed E-state index contributed by atoms with van der Waals surface area (Å²) in [6, 6.07) is 6.90. The van der Waals surface area contributed by atoms with E-state index in [2.05, 4.69) is 37.4 Å². The van der Waals surface area contributed by atoms with Crippen molar-refractivity contribution in [3.05, 3.63) is 29.3 Å². The normalized spacial score (nSPS) is 27.1. The third kappa shape index (κ3) is 2.77. The Bertz CT molecular complexity index is 452. The van der Waals surface area contributed by atoms with Crippen LogP contribution in [0, 0.1) is 0 Å². The lowest BCUT2D eigenvalue weighted by molar-refractivity contribution is 0.0191. The lowest BCUT2D eigenvalue weighted by atomic mass is 10.0. The van der Waals surface area contributed by atoms with Crippen LogP contribution in [0.1, 0.15) is 43.9 Å². The summed E-state index contributed by atoms with van der Waals surface area (Å²) in [6.45, 7) is 7.07. The average Bonchev–Trinajstić information content (AvgIpc) is 3.04. The molecule has 2 aliphatic rings. The molecule has 2 heterocycles. The van der Waals surface area contributed by atoms with Gasteiger partial charge in [-0.3, -0.25) is 0 Å². The molecule has 19 heavy (non-hydrogen) atoms. The van der Waals surface area contributed by atoms with Crippen LogP contribution in [0.25, 0.3) is 0 Å². The first kappa shape index (κ1) is 12.9. The predicted octanol–water partition coefficient (Wildman–Crippen LogP) is 2.84. The van der Waals surface area contributed by atoms with Crippen molar-refractivity contribution in [2.45, 2.75) is 44.8 Å². The Morgan fingerprint density at radius 1 is 1.37 bits per heavy atom. The van der Waals surface area contributed by atoms with E-state index in [1.807, 2.05) is 0 Å². The third-order valence-corrected chi connectivity index (χ3v) is 4.30. The van der Waals surface area contributed by atoms with Crippen LogP contribution in [0.3, 0.4) is 0 Å². The highest BCUT2D eigenvalue weighted by atomic mass is 16.5. The van der Waals surface area contributed by atoms with E-state index < -0.39 is 0 Å². The maximum absolute atomic E-state index is 5.82.